The summed E-state index contributed by atoms with van der Waals surface area (Å²) in [5, 5.41) is 12.5. The van der Waals surface area contributed by atoms with E-state index in [1.54, 1.807) is 0 Å². The third kappa shape index (κ3) is 5.72. The third-order valence-electron chi connectivity index (χ3n) is 4.37. The van der Waals surface area contributed by atoms with Gasteiger partial charge in [0.15, 0.2) is 0 Å². The summed E-state index contributed by atoms with van der Waals surface area (Å²) < 4.78 is 39.0. The van der Waals surface area contributed by atoms with Crippen LogP contribution in [0.5, 0.6) is 0 Å². The summed E-state index contributed by atoms with van der Waals surface area (Å²) in [5.41, 5.74) is -1.22. The van der Waals surface area contributed by atoms with E-state index in [9.17, 15) is 27.9 Å². The molecule has 2 rings (SSSR count). The fourth-order valence-corrected chi connectivity index (χ4v) is 2.98. The molecule has 0 aliphatic carbocycles. The van der Waals surface area contributed by atoms with Gasteiger partial charge in [-0.05, 0) is 24.5 Å². The highest BCUT2D eigenvalue weighted by atomic mass is 19.4. The fraction of sp³-hybridized carbons (Fsp3) is 0.556. The van der Waals surface area contributed by atoms with Crippen LogP contribution in [0.3, 0.4) is 0 Å². The van der Waals surface area contributed by atoms with E-state index < -0.39 is 23.8 Å². The zero-order chi connectivity index (χ0) is 19.2. The molecule has 1 aromatic rings. The lowest BCUT2D eigenvalue weighted by Crippen LogP contribution is -2.42. The van der Waals surface area contributed by atoms with Gasteiger partial charge < -0.3 is 15.3 Å². The predicted octanol–water partition coefficient (Wildman–Crippen LogP) is 2.65. The van der Waals surface area contributed by atoms with Crippen molar-refractivity contribution in [3.63, 3.8) is 0 Å². The summed E-state index contributed by atoms with van der Waals surface area (Å²) in [4.78, 5) is 25.5. The Bertz CT molecular complexity index is 634. The SMILES string of the molecule is O=C(CN1CCCCCCC1=O)NCC(O)c1ccccc1C(F)(F)F. The molecule has 1 aliphatic heterocycles. The van der Waals surface area contributed by atoms with Gasteiger partial charge in [-0.2, -0.15) is 13.2 Å². The number of hydrogen-bond acceptors (Lipinski definition) is 3. The van der Waals surface area contributed by atoms with Crippen LogP contribution < -0.4 is 5.32 Å². The Balaban J connectivity index is 1.92. The van der Waals surface area contributed by atoms with Crippen LogP contribution in [0.15, 0.2) is 24.3 Å². The number of amides is 2. The van der Waals surface area contributed by atoms with Gasteiger partial charge in [-0.25, -0.2) is 0 Å². The number of nitrogens with zero attached hydrogens (tertiary/aromatic N) is 1. The fourth-order valence-electron chi connectivity index (χ4n) is 2.98. The second kappa shape index (κ2) is 9.02. The summed E-state index contributed by atoms with van der Waals surface area (Å²) in [5.74, 6) is -0.592. The first-order chi connectivity index (χ1) is 12.3. The number of benzene rings is 1. The van der Waals surface area contributed by atoms with Crippen LogP contribution in [0, 0.1) is 0 Å². The number of likely N-dealkylation sites (tertiary alicyclic amines) is 1. The van der Waals surface area contributed by atoms with Crippen LogP contribution >= 0.6 is 0 Å². The average Bonchev–Trinajstić information content (AvgIpc) is 2.58. The van der Waals surface area contributed by atoms with Crippen molar-refractivity contribution in [1.29, 1.82) is 0 Å². The number of carbonyl (C=O) groups is 2. The van der Waals surface area contributed by atoms with Gasteiger partial charge in [0.25, 0.3) is 0 Å². The first-order valence-corrected chi connectivity index (χ1v) is 8.67. The zero-order valence-electron chi connectivity index (χ0n) is 14.4. The maximum absolute atomic E-state index is 13.0. The van der Waals surface area contributed by atoms with Crippen LogP contribution in [-0.4, -0.2) is 41.5 Å². The third-order valence-corrected chi connectivity index (χ3v) is 4.37. The lowest BCUT2D eigenvalue weighted by Gasteiger charge is -2.24. The second-order valence-electron chi connectivity index (χ2n) is 6.38. The Morgan fingerprint density at radius 3 is 2.62 bits per heavy atom. The Labute approximate surface area is 150 Å². The Hall–Kier alpha value is -2.09. The second-order valence-corrected chi connectivity index (χ2v) is 6.38. The van der Waals surface area contributed by atoms with Gasteiger partial charge in [0.05, 0.1) is 18.2 Å². The number of hydrogen-bond donors (Lipinski definition) is 2. The number of aliphatic hydroxyl groups is 1. The molecule has 2 N–H and O–H groups in total. The first kappa shape index (κ1) is 20.2. The monoisotopic (exact) mass is 372 g/mol. The molecule has 0 aromatic heterocycles. The molecule has 8 heteroatoms. The normalized spacial score (nSPS) is 17.4. The highest BCUT2D eigenvalue weighted by molar-refractivity contribution is 5.84. The minimum atomic E-state index is -4.58. The molecule has 1 fully saturated rings. The van der Waals surface area contributed by atoms with E-state index in [1.165, 1.54) is 23.1 Å². The lowest BCUT2D eigenvalue weighted by molar-refractivity contribution is -0.139. The number of halogens is 3. The van der Waals surface area contributed by atoms with E-state index in [2.05, 4.69) is 5.32 Å². The van der Waals surface area contributed by atoms with E-state index in [4.69, 9.17) is 0 Å². The molecule has 0 radical (unpaired) electrons. The molecular formula is C18H23F3N2O3. The number of rotatable bonds is 5. The number of aliphatic hydroxyl groups excluding tert-OH is 1. The van der Waals surface area contributed by atoms with Crippen LogP contribution in [0.25, 0.3) is 0 Å². The molecule has 2 amide bonds. The quantitative estimate of drug-likeness (QED) is 0.835. The van der Waals surface area contributed by atoms with Crippen molar-refractivity contribution < 1.29 is 27.9 Å². The Morgan fingerprint density at radius 1 is 1.19 bits per heavy atom. The van der Waals surface area contributed by atoms with Crippen molar-refractivity contribution in [2.75, 3.05) is 19.6 Å². The van der Waals surface area contributed by atoms with Crippen molar-refractivity contribution in [3.05, 3.63) is 35.4 Å². The van der Waals surface area contributed by atoms with Gasteiger partial charge >= 0.3 is 6.18 Å². The van der Waals surface area contributed by atoms with Crippen LogP contribution in [0.4, 0.5) is 13.2 Å². The molecule has 1 aliphatic rings. The summed E-state index contributed by atoms with van der Waals surface area (Å²) >= 11 is 0. The molecule has 1 heterocycles. The predicted molar refractivity (Wildman–Crippen MR) is 89.1 cm³/mol. The lowest BCUT2D eigenvalue weighted by atomic mass is 10.0. The number of alkyl halides is 3. The van der Waals surface area contributed by atoms with Crippen molar-refractivity contribution >= 4 is 11.8 Å². The zero-order valence-corrected chi connectivity index (χ0v) is 14.4. The average molecular weight is 372 g/mol. The summed E-state index contributed by atoms with van der Waals surface area (Å²) in [6.45, 7) is -0.00780. The molecule has 5 nitrogen and oxygen atoms in total. The van der Waals surface area contributed by atoms with E-state index in [-0.39, 0.29) is 24.6 Å². The van der Waals surface area contributed by atoms with Crippen LogP contribution in [-0.2, 0) is 15.8 Å². The first-order valence-electron chi connectivity index (χ1n) is 8.67. The highest BCUT2D eigenvalue weighted by Gasteiger charge is 2.34. The van der Waals surface area contributed by atoms with Gasteiger partial charge in [-0.1, -0.05) is 31.0 Å². The molecular weight excluding hydrogens is 349 g/mol. The molecule has 26 heavy (non-hydrogen) atoms. The van der Waals surface area contributed by atoms with Gasteiger partial charge in [-0.3, -0.25) is 9.59 Å². The van der Waals surface area contributed by atoms with Crippen LogP contribution in [0.2, 0.25) is 0 Å². The maximum Gasteiger partial charge on any atom is 0.416 e. The maximum atomic E-state index is 13.0. The molecule has 1 saturated heterocycles. The summed E-state index contributed by atoms with van der Waals surface area (Å²) in [6.07, 6.45) is -2.06. The highest BCUT2D eigenvalue weighted by Crippen LogP contribution is 2.34. The van der Waals surface area contributed by atoms with Gasteiger partial charge in [0.1, 0.15) is 0 Å². The van der Waals surface area contributed by atoms with Crippen molar-refractivity contribution in [3.8, 4) is 0 Å². The molecule has 144 valence electrons. The smallest absolute Gasteiger partial charge is 0.387 e. The largest absolute Gasteiger partial charge is 0.416 e. The molecule has 1 aromatic carbocycles. The summed E-state index contributed by atoms with van der Waals surface area (Å²) in [7, 11) is 0. The minimum absolute atomic E-state index is 0.0946. The summed E-state index contributed by atoms with van der Waals surface area (Å²) in [6, 6.07) is 4.71. The van der Waals surface area contributed by atoms with E-state index in [0.717, 1.165) is 31.7 Å². The van der Waals surface area contributed by atoms with Crippen LogP contribution in [0.1, 0.15) is 49.3 Å². The Morgan fingerprint density at radius 2 is 1.88 bits per heavy atom. The van der Waals surface area contributed by atoms with Crippen molar-refractivity contribution in [1.82, 2.24) is 10.2 Å². The molecule has 0 bridgehead atoms. The van der Waals surface area contributed by atoms with E-state index in [1.807, 2.05) is 0 Å². The van der Waals surface area contributed by atoms with Crippen molar-refractivity contribution in [2.24, 2.45) is 0 Å². The van der Waals surface area contributed by atoms with Gasteiger partial charge in [0, 0.05) is 19.5 Å². The number of carbonyl (C=O) groups excluding carboxylic acids is 2. The topological polar surface area (TPSA) is 69.6 Å². The Kier molecular flexibility index (Phi) is 7.02. The van der Waals surface area contributed by atoms with Gasteiger partial charge in [0.2, 0.25) is 11.8 Å². The molecule has 0 spiro atoms. The minimum Gasteiger partial charge on any atom is -0.387 e. The standard InChI is InChI=1S/C18H23F3N2O3/c19-18(20,21)14-8-5-4-7-13(14)15(24)11-22-16(25)12-23-10-6-2-1-3-9-17(23)26/h4-5,7-8,15,24H,1-3,6,9-12H2,(H,22,25). The molecule has 1 atom stereocenters. The van der Waals surface area contributed by atoms with Gasteiger partial charge in [-0.15, -0.1) is 0 Å². The van der Waals surface area contributed by atoms with Crippen molar-refractivity contribution in [2.45, 2.75) is 44.4 Å². The van der Waals surface area contributed by atoms with E-state index in [0.29, 0.717) is 13.0 Å². The number of nitrogens with one attached hydrogen (secondary N) is 1. The molecule has 0 saturated carbocycles. The molecule has 1 unspecified atom stereocenters. The van der Waals surface area contributed by atoms with E-state index >= 15 is 0 Å².